The molecule has 1 amide bonds. The Balaban J connectivity index is 1.86. The molecule has 0 radical (unpaired) electrons. The van der Waals surface area contributed by atoms with Crippen molar-refractivity contribution in [2.45, 2.75) is 27.2 Å². The Labute approximate surface area is 113 Å². The van der Waals surface area contributed by atoms with E-state index in [9.17, 15) is 9.59 Å². The second-order valence-electron chi connectivity index (χ2n) is 5.24. The third-order valence-electron chi connectivity index (χ3n) is 3.50. The van der Waals surface area contributed by atoms with Crippen molar-refractivity contribution < 1.29 is 14.3 Å². The van der Waals surface area contributed by atoms with Crippen molar-refractivity contribution >= 4 is 17.6 Å². The first kappa shape index (κ1) is 13.6. The minimum Gasteiger partial charge on any atom is -0.455 e. The fraction of sp³-hybridized carbons (Fsp3) is 0.467. The average molecular weight is 261 g/mol. The van der Waals surface area contributed by atoms with Crippen LogP contribution in [0.15, 0.2) is 18.2 Å². The minimum absolute atomic E-state index is 0.00648. The van der Waals surface area contributed by atoms with Crippen molar-refractivity contribution in [2.75, 3.05) is 11.9 Å². The van der Waals surface area contributed by atoms with Crippen LogP contribution in [0.4, 0.5) is 5.69 Å². The highest BCUT2D eigenvalue weighted by Crippen LogP contribution is 2.38. The molecule has 0 unspecified atom stereocenters. The Kier molecular flexibility index (Phi) is 3.88. The van der Waals surface area contributed by atoms with Gasteiger partial charge in [0, 0.05) is 5.69 Å². The predicted octanol–water partition coefficient (Wildman–Crippen LogP) is 2.44. The number of aryl methyl sites for hydroxylation is 2. The van der Waals surface area contributed by atoms with E-state index in [4.69, 9.17) is 4.74 Å². The molecule has 0 aliphatic heterocycles. The summed E-state index contributed by atoms with van der Waals surface area (Å²) in [6.07, 6.45) is 0.872. The number of anilines is 1. The number of hydrogen-bond acceptors (Lipinski definition) is 3. The van der Waals surface area contributed by atoms with Gasteiger partial charge in [-0.3, -0.25) is 9.59 Å². The third-order valence-corrected chi connectivity index (χ3v) is 3.50. The highest BCUT2D eigenvalue weighted by atomic mass is 16.5. The van der Waals surface area contributed by atoms with Gasteiger partial charge in [0.15, 0.2) is 6.61 Å². The SMILES string of the molecule is Cc1cccc(C)c1NC(=O)COC(=O)[C@H]1C[C@@H]1C. The Morgan fingerprint density at radius 1 is 1.32 bits per heavy atom. The highest BCUT2D eigenvalue weighted by Gasteiger charge is 2.40. The number of carbonyl (C=O) groups excluding carboxylic acids is 2. The van der Waals surface area contributed by atoms with Gasteiger partial charge in [0.1, 0.15) is 0 Å². The molecule has 1 saturated carbocycles. The average Bonchev–Trinajstić information content (AvgIpc) is 3.08. The van der Waals surface area contributed by atoms with Crippen molar-refractivity contribution in [3.63, 3.8) is 0 Å². The molecule has 1 fully saturated rings. The molecule has 0 spiro atoms. The van der Waals surface area contributed by atoms with E-state index in [-0.39, 0.29) is 24.4 Å². The number of benzene rings is 1. The number of amides is 1. The summed E-state index contributed by atoms with van der Waals surface area (Å²) in [5.41, 5.74) is 2.79. The fourth-order valence-corrected chi connectivity index (χ4v) is 2.08. The van der Waals surface area contributed by atoms with E-state index in [1.54, 1.807) is 0 Å². The van der Waals surface area contributed by atoms with Crippen LogP contribution < -0.4 is 5.32 Å². The van der Waals surface area contributed by atoms with Crippen LogP contribution in [0.1, 0.15) is 24.5 Å². The fourth-order valence-electron chi connectivity index (χ4n) is 2.08. The maximum atomic E-state index is 11.8. The highest BCUT2D eigenvalue weighted by molar-refractivity contribution is 5.94. The van der Waals surface area contributed by atoms with Crippen LogP contribution in [0, 0.1) is 25.7 Å². The topological polar surface area (TPSA) is 55.4 Å². The van der Waals surface area contributed by atoms with Gasteiger partial charge in [-0.25, -0.2) is 0 Å². The van der Waals surface area contributed by atoms with Gasteiger partial charge in [-0.2, -0.15) is 0 Å². The van der Waals surface area contributed by atoms with Gasteiger partial charge in [0.2, 0.25) is 0 Å². The zero-order valence-corrected chi connectivity index (χ0v) is 11.5. The smallest absolute Gasteiger partial charge is 0.309 e. The van der Waals surface area contributed by atoms with Gasteiger partial charge in [0.25, 0.3) is 5.91 Å². The van der Waals surface area contributed by atoms with Gasteiger partial charge in [-0.1, -0.05) is 25.1 Å². The summed E-state index contributed by atoms with van der Waals surface area (Å²) in [5.74, 6) is -0.162. The van der Waals surface area contributed by atoms with Gasteiger partial charge in [0.05, 0.1) is 5.92 Å². The minimum atomic E-state index is -0.293. The molecule has 1 N–H and O–H groups in total. The van der Waals surface area contributed by atoms with Gasteiger partial charge in [-0.05, 0) is 37.3 Å². The molecule has 2 rings (SSSR count). The monoisotopic (exact) mass is 261 g/mol. The molecule has 0 heterocycles. The van der Waals surface area contributed by atoms with E-state index < -0.39 is 0 Å². The lowest BCUT2D eigenvalue weighted by Gasteiger charge is -2.11. The van der Waals surface area contributed by atoms with Crippen LogP contribution in [0.5, 0.6) is 0 Å². The molecule has 1 aliphatic carbocycles. The second kappa shape index (κ2) is 5.43. The van der Waals surface area contributed by atoms with E-state index in [0.29, 0.717) is 5.92 Å². The van der Waals surface area contributed by atoms with E-state index in [1.165, 1.54) is 0 Å². The first-order chi connectivity index (χ1) is 8.99. The molecule has 0 saturated heterocycles. The molecule has 1 aromatic rings. The number of rotatable bonds is 4. The molecular weight excluding hydrogens is 242 g/mol. The van der Waals surface area contributed by atoms with Gasteiger partial charge in [-0.15, -0.1) is 0 Å². The zero-order valence-electron chi connectivity index (χ0n) is 11.5. The first-order valence-corrected chi connectivity index (χ1v) is 6.51. The van der Waals surface area contributed by atoms with Crippen molar-refractivity contribution in [2.24, 2.45) is 11.8 Å². The normalized spacial score (nSPS) is 20.8. The molecule has 0 aromatic heterocycles. The van der Waals surface area contributed by atoms with Crippen molar-refractivity contribution in [1.29, 1.82) is 0 Å². The summed E-state index contributed by atoms with van der Waals surface area (Å²) in [6.45, 7) is 5.65. The quantitative estimate of drug-likeness (QED) is 0.847. The van der Waals surface area contributed by atoms with Crippen molar-refractivity contribution in [1.82, 2.24) is 0 Å². The Morgan fingerprint density at radius 2 is 1.89 bits per heavy atom. The maximum absolute atomic E-state index is 11.8. The largest absolute Gasteiger partial charge is 0.455 e. The number of para-hydroxylation sites is 1. The van der Waals surface area contributed by atoms with Crippen LogP contribution in [-0.4, -0.2) is 18.5 Å². The maximum Gasteiger partial charge on any atom is 0.309 e. The van der Waals surface area contributed by atoms with Crippen LogP contribution in [0.3, 0.4) is 0 Å². The number of hydrogen-bond donors (Lipinski definition) is 1. The van der Waals surface area contributed by atoms with Gasteiger partial charge >= 0.3 is 5.97 Å². The molecule has 19 heavy (non-hydrogen) atoms. The Hall–Kier alpha value is -1.84. The molecule has 2 atom stereocenters. The summed E-state index contributed by atoms with van der Waals surface area (Å²) in [6, 6.07) is 5.80. The number of carbonyl (C=O) groups is 2. The molecule has 4 heteroatoms. The lowest BCUT2D eigenvalue weighted by atomic mass is 10.1. The summed E-state index contributed by atoms with van der Waals surface area (Å²) in [7, 11) is 0. The van der Waals surface area contributed by atoms with E-state index in [0.717, 1.165) is 23.2 Å². The number of ether oxygens (including phenoxy) is 1. The van der Waals surface area contributed by atoms with Crippen LogP contribution in [0.2, 0.25) is 0 Å². The van der Waals surface area contributed by atoms with Crippen LogP contribution in [0.25, 0.3) is 0 Å². The van der Waals surface area contributed by atoms with Crippen LogP contribution >= 0.6 is 0 Å². The summed E-state index contributed by atoms with van der Waals surface area (Å²) < 4.78 is 5.00. The van der Waals surface area contributed by atoms with E-state index in [2.05, 4.69) is 5.32 Å². The summed E-state index contributed by atoms with van der Waals surface area (Å²) in [5, 5.41) is 2.79. The molecular formula is C15H19NO3. The molecule has 0 bridgehead atoms. The lowest BCUT2D eigenvalue weighted by Crippen LogP contribution is -2.22. The zero-order chi connectivity index (χ0) is 14.0. The molecule has 1 aromatic carbocycles. The Bertz CT molecular complexity index is 490. The molecule has 102 valence electrons. The second-order valence-corrected chi connectivity index (χ2v) is 5.24. The Morgan fingerprint density at radius 3 is 2.42 bits per heavy atom. The van der Waals surface area contributed by atoms with Gasteiger partial charge < -0.3 is 10.1 Å². The number of esters is 1. The molecule has 1 aliphatic rings. The first-order valence-electron chi connectivity index (χ1n) is 6.51. The summed E-state index contributed by atoms with van der Waals surface area (Å²) in [4.78, 5) is 23.3. The summed E-state index contributed by atoms with van der Waals surface area (Å²) >= 11 is 0. The van der Waals surface area contributed by atoms with Crippen molar-refractivity contribution in [3.8, 4) is 0 Å². The molecule has 4 nitrogen and oxygen atoms in total. The number of nitrogens with one attached hydrogen (secondary N) is 1. The van der Waals surface area contributed by atoms with Crippen LogP contribution in [-0.2, 0) is 14.3 Å². The standard InChI is InChI=1S/C15H19NO3/c1-9-5-4-6-10(2)14(9)16-13(17)8-19-15(18)12-7-11(12)3/h4-6,11-12H,7-8H2,1-3H3,(H,16,17)/t11-,12-/m0/s1. The van der Waals surface area contributed by atoms with Crippen molar-refractivity contribution in [3.05, 3.63) is 29.3 Å². The predicted molar refractivity (Wildman–Crippen MR) is 72.8 cm³/mol. The third kappa shape index (κ3) is 3.34. The lowest BCUT2D eigenvalue weighted by molar-refractivity contribution is -0.148. The van der Waals surface area contributed by atoms with E-state index in [1.807, 2.05) is 39.0 Å². The van der Waals surface area contributed by atoms with E-state index >= 15 is 0 Å².